The second-order valence-electron chi connectivity index (χ2n) is 5.17. The zero-order valence-corrected chi connectivity index (χ0v) is 14.0. The first kappa shape index (κ1) is 16.7. The highest BCUT2D eigenvalue weighted by molar-refractivity contribution is 5.96. The Labute approximate surface area is 135 Å². The Bertz CT molecular complexity index is 729. The molecule has 2 rings (SSSR count). The summed E-state index contributed by atoms with van der Waals surface area (Å²) in [5, 5.41) is 18.0. The summed E-state index contributed by atoms with van der Waals surface area (Å²) < 4.78 is 11.1. The van der Waals surface area contributed by atoms with Gasteiger partial charge in [-0.1, -0.05) is 24.3 Å². The Morgan fingerprint density at radius 2 is 1.65 bits per heavy atom. The van der Waals surface area contributed by atoms with Crippen molar-refractivity contribution in [2.45, 2.75) is 13.5 Å². The Morgan fingerprint density at radius 3 is 2.17 bits per heavy atom. The zero-order valence-electron chi connectivity index (χ0n) is 14.0. The van der Waals surface area contributed by atoms with E-state index < -0.39 is 0 Å². The molecule has 124 valence electrons. The van der Waals surface area contributed by atoms with E-state index in [1.165, 1.54) is 5.01 Å². The third-order valence-corrected chi connectivity index (χ3v) is 3.57. The van der Waals surface area contributed by atoms with Crippen LogP contribution in [0.4, 0.5) is 0 Å². The van der Waals surface area contributed by atoms with E-state index in [-0.39, 0.29) is 6.61 Å². The molecule has 0 atom stereocenters. The Balaban J connectivity index is 2.50. The monoisotopic (exact) mass is 319 g/mol. The number of hydrogen-bond donors (Lipinski definition) is 0. The van der Waals surface area contributed by atoms with Gasteiger partial charge in [-0.25, -0.2) is 0 Å². The molecule has 0 aliphatic heterocycles. The van der Waals surface area contributed by atoms with Crippen molar-refractivity contribution in [2.75, 3.05) is 28.3 Å². The quantitative estimate of drug-likeness (QED) is 0.465. The Hall–Kier alpha value is -2.70. The summed E-state index contributed by atoms with van der Waals surface area (Å²) in [6.45, 7) is 2.02. The summed E-state index contributed by atoms with van der Waals surface area (Å²) in [5.74, 6) is 1.45. The van der Waals surface area contributed by atoms with Gasteiger partial charge in [-0.05, 0) is 6.92 Å². The van der Waals surface area contributed by atoms with Crippen LogP contribution in [0, 0.1) is 12.1 Å². The Kier molecular flexibility index (Phi) is 5.10. The number of ether oxygens (including phenoxy) is 2. The van der Waals surface area contributed by atoms with Gasteiger partial charge in [0.05, 0.1) is 33.3 Å². The van der Waals surface area contributed by atoms with E-state index in [0.29, 0.717) is 10.7 Å². The smallest absolute Gasteiger partial charge is 0.233 e. The van der Waals surface area contributed by atoms with Gasteiger partial charge in [0.15, 0.2) is 6.61 Å². The maximum atomic E-state index is 11.4. The fourth-order valence-corrected chi connectivity index (χ4v) is 2.44. The molecular weight excluding hydrogens is 298 g/mol. The van der Waals surface area contributed by atoms with Crippen molar-refractivity contribution in [2.24, 2.45) is 5.28 Å². The van der Waals surface area contributed by atoms with Gasteiger partial charge >= 0.3 is 0 Å². The van der Waals surface area contributed by atoms with Gasteiger partial charge in [-0.15, -0.1) is 0 Å². The molecule has 7 nitrogen and oxygen atoms in total. The molecule has 0 saturated carbocycles. The number of nitrogens with zero attached hydrogens (tertiary/aromatic N) is 3. The van der Waals surface area contributed by atoms with Crippen LogP contribution in [0.5, 0.6) is 11.5 Å². The van der Waals surface area contributed by atoms with E-state index in [1.54, 1.807) is 28.3 Å². The summed E-state index contributed by atoms with van der Waals surface area (Å²) >= 11 is 0. The van der Waals surface area contributed by atoms with Crippen molar-refractivity contribution in [1.82, 2.24) is 5.01 Å². The summed E-state index contributed by atoms with van der Waals surface area (Å²) in [7, 11) is 6.38. The molecular formula is C16H21N3O4. The van der Waals surface area contributed by atoms with Crippen LogP contribution in [0.2, 0.25) is 0 Å². The van der Waals surface area contributed by atoms with Gasteiger partial charge < -0.3 is 19.5 Å². The molecule has 2 aromatic rings. The fourth-order valence-electron chi connectivity index (χ4n) is 2.44. The van der Waals surface area contributed by atoms with E-state index in [0.717, 1.165) is 27.6 Å². The number of hydrazine groups is 1. The molecule has 2 aromatic carbocycles. The van der Waals surface area contributed by atoms with Gasteiger partial charge in [0, 0.05) is 21.9 Å². The van der Waals surface area contributed by atoms with E-state index in [1.807, 2.05) is 31.2 Å². The Morgan fingerprint density at radius 1 is 1.09 bits per heavy atom. The highest BCUT2D eigenvalue weighted by Gasteiger charge is 2.18. The van der Waals surface area contributed by atoms with Gasteiger partial charge in [-0.2, -0.15) is 5.01 Å². The minimum atomic E-state index is 0.1000. The molecule has 0 aliphatic carbocycles. The molecule has 0 bridgehead atoms. The van der Waals surface area contributed by atoms with Crippen LogP contribution in [-0.4, -0.2) is 38.3 Å². The van der Waals surface area contributed by atoms with E-state index in [4.69, 9.17) is 14.3 Å². The lowest BCUT2D eigenvalue weighted by molar-refractivity contribution is -0.700. The molecule has 0 fully saturated rings. The van der Waals surface area contributed by atoms with Gasteiger partial charge in [-0.3, -0.25) is 0 Å². The first-order valence-corrected chi connectivity index (χ1v) is 7.10. The first-order chi connectivity index (χ1) is 11.0. The van der Waals surface area contributed by atoms with E-state index >= 15 is 0 Å². The third-order valence-electron chi connectivity index (χ3n) is 3.57. The SMILES string of the molecule is COc1c(C)c(CO/N=[N+](\[O-])N(C)C)c(OC)c2ccccc12. The van der Waals surface area contributed by atoms with Crippen molar-refractivity contribution >= 4 is 10.8 Å². The zero-order chi connectivity index (χ0) is 17.0. The van der Waals surface area contributed by atoms with Crippen LogP contribution in [0.25, 0.3) is 10.8 Å². The van der Waals surface area contributed by atoms with E-state index in [9.17, 15) is 5.21 Å². The maximum Gasteiger partial charge on any atom is 0.233 e. The van der Waals surface area contributed by atoms with Gasteiger partial charge in [0.25, 0.3) is 0 Å². The van der Waals surface area contributed by atoms with Crippen LogP contribution in [0.1, 0.15) is 11.1 Å². The largest absolute Gasteiger partial charge is 0.569 e. The van der Waals surface area contributed by atoms with Crippen molar-refractivity contribution in [3.05, 3.63) is 40.6 Å². The fraction of sp³-hybridized carbons (Fsp3) is 0.375. The molecule has 0 saturated heterocycles. The molecule has 0 heterocycles. The summed E-state index contributed by atoms with van der Waals surface area (Å²) in [5.41, 5.74) is 1.68. The third kappa shape index (κ3) is 3.23. The number of hydrogen-bond acceptors (Lipinski definition) is 5. The minimum Gasteiger partial charge on any atom is -0.569 e. The summed E-state index contributed by atoms with van der Waals surface area (Å²) in [6, 6.07) is 7.81. The van der Waals surface area contributed by atoms with E-state index in [2.05, 4.69) is 5.28 Å². The second-order valence-corrected chi connectivity index (χ2v) is 5.17. The van der Waals surface area contributed by atoms with Crippen LogP contribution < -0.4 is 9.47 Å². The average molecular weight is 319 g/mol. The molecule has 0 aliphatic rings. The predicted molar refractivity (Wildman–Crippen MR) is 86.3 cm³/mol. The molecule has 0 aromatic heterocycles. The molecule has 0 radical (unpaired) electrons. The molecule has 0 amide bonds. The lowest BCUT2D eigenvalue weighted by Gasteiger charge is -2.17. The lowest BCUT2D eigenvalue weighted by atomic mass is 9.99. The second kappa shape index (κ2) is 7.04. The normalized spacial score (nSPS) is 11.4. The number of benzene rings is 2. The molecule has 0 N–H and O–H groups in total. The van der Waals surface area contributed by atoms with Crippen molar-refractivity contribution in [3.8, 4) is 11.5 Å². The van der Waals surface area contributed by atoms with Gasteiger partial charge in [0.1, 0.15) is 11.5 Å². The molecule has 0 unspecified atom stereocenters. The molecule has 23 heavy (non-hydrogen) atoms. The minimum absolute atomic E-state index is 0.1000. The predicted octanol–water partition coefficient (Wildman–Crippen LogP) is 3.04. The van der Waals surface area contributed by atoms with Crippen LogP contribution in [0.15, 0.2) is 29.5 Å². The van der Waals surface area contributed by atoms with Crippen molar-refractivity contribution in [3.63, 3.8) is 0 Å². The standard InChI is InChI=1S/C16H21N3O4/c1-11-14(10-23-17-19(20)18(2)3)16(22-5)13-9-7-6-8-12(13)15(11)21-4/h6-9H,10H2,1-5H3/b19-17-. The first-order valence-electron chi connectivity index (χ1n) is 7.10. The molecule has 7 heteroatoms. The topological polar surface area (TPSA) is 69.4 Å². The van der Waals surface area contributed by atoms with Crippen LogP contribution >= 0.6 is 0 Å². The maximum absolute atomic E-state index is 11.4. The van der Waals surface area contributed by atoms with Gasteiger partial charge in [0.2, 0.25) is 5.28 Å². The highest BCUT2D eigenvalue weighted by atomic mass is 16.7. The average Bonchev–Trinajstić information content (AvgIpc) is 2.55. The number of fused-ring (bicyclic) bond motifs is 1. The number of methoxy groups -OCH3 is 2. The van der Waals surface area contributed by atoms with Crippen LogP contribution in [0.3, 0.4) is 0 Å². The number of rotatable bonds is 6. The van der Waals surface area contributed by atoms with Crippen molar-refractivity contribution in [1.29, 1.82) is 0 Å². The van der Waals surface area contributed by atoms with Crippen molar-refractivity contribution < 1.29 is 19.3 Å². The highest BCUT2D eigenvalue weighted by Crippen LogP contribution is 2.40. The molecule has 0 spiro atoms. The summed E-state index contributed by atoms with van der Waals surface area (Å²) in [4.78, 5) is 5.54. The summed E-state index contributed by atoms with van der Waals surface area (Å²) in [6.07, 6.45) is 0. The lowest BCUT2D eigenvalue weighted by Crippen LogP contribution is -2.20. The van der Waals surface area contributed by atoms with Crippen LogP contribution in [-0.2, 0) is 11.4 Å².